The summed E-state index contributed by atoms with van der Waals surface area (Å²) in [5, 5.41) is 0. The Balaban J connectivity index is 2.38. The number of carbonyl (C=O) groups is 1. The number of hydrogen-bond acceptors (Lipinski definition) is 3. The lowest BCUT2D eigenvalue weighted by Gasteiger charge is -2.20. The first kappa shape index (κ1) is 12.7. The van der Waals surface area contributed by atoms with Gasteiger partial charge in [0, 0.05) is 0 Å². The van der Waals surface area contributed by atoms with E-state index in [-0.39, 0.29) is 12.4 Å². The molecule has 88 valence electrons. The van der Waals surface area contributed by atoms with Gasteiger partial charge in [-0.3, -0.25) is 4.89 Å². The maximum Gasteiger partial charge on any atom is 0.346 e. The Hall–Kier alpha value is -1.35. The molecule has 0 aliphatic rings. The lowest BCUT2D eigenvalue weighted by atomic mass is 10.1. The van der Waals surface area contributed by atoms with E-state index in [0.29, 0.717) is 0 Å². The monoisotopic (exact) mass is 222 g/mol. The van der Waals surface area contributed by atoms with Crippen LogP contribution in [-0.4, -0.2) is 11.6 Å². The summed E-state index contributed by atoms with van der Waals surface area (Å²) < 4.78 is 0. The van der Waals surface area contributed by atoms with E-state index >= 15 is 0 Å². The molecule has 0 saturated carbocycles. The minimum atomic E-state index is -0.424. The lowest BCUT2D eigenvalue weighted by molar-refractivity contribution is -0.325. The quantitative estimate of drug-likeness (QED) is 0.567. The van der Waals surface area contributed by atoms with Crippen molar-refractivity contribution in [3.8, 4) is 0 Å². The van der Waals surface area contributed by atoms with Gasteiger partial charge in [-0.25, -0.2) is 4.79 Å². The smallest absolute Gasteiger partial charge is 0.297 e. The summed E-state index contributed by atoms with van der Waals surface area (Å²) in [5.41, 5.74) is 0.497. The maximum atomic E-state index is 11.4. The van der Waals surface area contributed by atoms with Crippen molar-refractivity contribution in [3.63, 3.8) is 0 Å². The highest BCUT2D eigenvalue weighted by Crippen LogP contribution is 2.14. The van der Waals surface area contributed by atoms with Crippen LogP contribution >= 0.6 is 0 Å². The topological polar surface area (TPSA) is 35.5 Å². The van der Waals surface area contributed by atoms with Gasteiger partial charge in [0.25, 0.3) is 0 Å². The average molecular weight is 222 g/mol. The van der Waals surface area contributed by atoms with Crippen LogP contribution in [0.3, 0.4) is 0 Å². The molecule has 0 unspecified atom stereocenters. The first-order valence-electron chi connectivity index (χ1n) is 5.46. The van der Waals surface area contributed by atoms with E-state index in [9.17, 15) is 4.79 Å². The highest BCUT2D eigenvalue weighted by molar-refractivity contribution is 5.71. The number of carbonyl (C=O) groups excluding carboxylic acids is 1. The molecule has 0 aliphatic heterocycles. The third-order valence-electron chi connectivity index (χ3n) is 2.40. The Bertz CT molecular complexity index is 330. The van der Waals surface area contributed by atoms with E-state index in [1.54, 1.807) is 0 Å². The molecule has 0 bridgehead atoms. The van der Waals surface area contributed by atoms with Crippen LogP contribution in [0, 0.1) is 0 Å². The molecule has 0 N–H and O–H groups in total. The molecule has 0 saturated heterocycles. The predicted molar refractivity (Wildman–Crippen MR) is 61.7 cm³/mol. The molecule has 0 aromatic heterocycles. The van der Waals surface area contributed by atoms with E-state index in [4.69, 9.17) is 9.78 Å². The first-order chi connectivity index (χ1) is 7.53. The molecular weight excluding hydrogens is 204 g/mol. The van der Waals surface area contributed by atoms with Crippen LogP contribution in [-0.2, 0) is 21.0 Å². The lowest BCUT2D eigenvalue weighted by Crippen LogP contribution is -2.25. The molecule has 1 aromatic carbocycles. The summed E-state index contributed by atoms with van der Waals surface area (Å²) >= 11 is 0. The van der Waals surface area contributed by atoms with E-state index in [2.05, 4.69) is 0 Å². The molecule has 0 aliphatic carbocycles. The van der Waals surface area contributed by atoms with Crippen LogP contribution in [0.15, 0.2) is 30.3 Å². The molecule has 3 nitrogen and oxygen atoms in total. The fourth-order valence-electron chi connectivity index (χ4n) is 1.01. The molecular formula is C13H18O3. The first-order valence-corrected chi connectivity index (χ1v) is 5.46. The molecule has 0 radical (unpaired) electrons. The average Bonchev–Trinajstić information content (AvgIpc) is 2.28. The Morgan fingerprint density at radius 3 is 2.44 bits per heavy atom. The predicted octanol–water partition coefficient (Wildman–Crippen LogP) is 2.89. The van der Waals surface area contributed by atoms with E-state index in [1.165, 1.54) is 0 Å². The van der Waals surface area contributed by atoms with Crippen LogP contribution in [0.2, 0.25) is 0 Å². The van der Waals surface area contributed by atoms with Gasteiger partial charge in [0.2, 0.25) is 0 Å². The van der Waals surface area contributed by atoms with Crippen molar-refractivity contribution in [1.29, 1.82) is 0 Å². The summed E-state index contributed by atoms with van der Waals surface area (Å²) in [7, 11) is 0. The normalized spacial score (nSPS) is 11.2. The second-order valence-electron chi connectivity index (χ2n) is 4.31. The highest BCUT2D eigenvalue weighted by atomic mass is 17.2. The van der Waals surface area contributed by atoms with E-state index in [1.807, 2.05) is 51.1 Å². The maximum absolute atomic E-state index is 11.4. The van der Waals surface area contributed by atoms with Gasteiger partial charge in [-0.15, -0.1) is 0 Å². The van der Waals surface area contributed by atoms with Crippen molar-refractivity contribution in [1.82, 2.24) is 0 Å². The van der Waals surface area contributed by atoms with Crippen LogP contribution in [0.25, 0.3) is 0 Å². The summed E-state index contributed by atoms with van der Waals surface area (Å²) in [6.45, 7) is 5.73. The zero-order valence-corrected chi connectivity index (χ0v) is 10.0. The van der Waals surface area contributed by atoms with Gasteiger partial charge in [-0.2, -0.15) is 4.89 Å². The Kier molecular flexibility index (Phi) is 4.50. The van der Waals surface area contributed by atoms with Gasteiger partial charge in [-0.1, -0.05) is 37.3 Å². The third kappa shape index (κ3) is 4.45. The van der Waals surface area contributed by atoms with Crippen molar-refractivity contribution >= 4 is 5.97 Å². The highest BCUT2D eigenvalue weighted by Gasteiger charge is 2.19. The zero-order chi connectivity index (χ0) is 12.0. The molecule has 3 heteroatoms. The summed E-state index contributed by atoms with van der Waals surface area (Å²) in [5.74, 6) is -0.368. The summed E-state index contributed by atoms with van der Waals surface area (Å²) in [6.07, 6.45) is 1.02. The Morgan fingerprint density at radius 1 is 1.25 bits per heavy atom. The van der Waals surface area contributed by atoms with Crippen molar-refractivity contribution in [2.45, 2.75) is 39.2 Å². The molecule has 0 spiro atoms. The van der Waals surface area contributed by atoms with Gasteiger partial charge < -0.3 is 0 Å². The van der Waals surface area contributed by atoms with Gasteiger partial charge in [0.05, 0.1) is 6.42 Å². The largest absolute Gasteiger partial charge is 0.346 e. The van der Waals surface area contributed by atoms with Gasteiger partial charge in [-0.05, 0) is 25.8 Å². The third-order valence-corrected chi connectivity index (χ3v) is 2.40. The number of benzene rings is 1. The van der Waals surface area contributed by atoms with Crippen LogP contribution in [0.5, 0.6) is 0 Å². The molecule has 0 atom stereocenters. The van der Waals surface area contributed by atoms with Gasteiger partial charge >= 0.3 is 5.97 Å². The SMILES string of the molecule is CCC(C)(C)OOC(=O)Cc1ccccc1. The molecule has 16 heavy (non-hydrogen) atoms. The molecule has 1 rings (SSSR count). The second kappa shape index (κ2) is 5.66. The minimum absolute atomic E-state index is 0.237. The fourth-order valence-corrected chi connectivity index (χ4v) is 1.01. The zero-order valence-electron chi connectivity index (χ0n) is 10.0. The van der Waals surface area contributed by atoms with Crippen LogP contribution in [0.1, 0.15) is 32.8 Å². The number of rotatable bonds is 5. The summed E-state index contributed by atoms with van der Waals surface area (Å²) in [6, 6.07) is 9.45. The fraction of sp³-hybridized carbons (Fsp3) is 0.462. The molecule has 0 amide bonds. The van der Waals surface area contributed by atoms with Crippen molar-refractivity contribution < 1.29 is 14.6 Å². The second-order valence-corrected chi connectivity index (χ2v) is 4.31. The van der Waals surface area contributed by atoms with Crippen molar-refractivity contribution in [2.24, 2.45) is 0 Å². The van der Waals surface area contributed by atoms with Gasteiger partial charge in [0.15, 0.2) is 0 Å². The van der Waals surface area contributed by atoms with Crippen LogP contribution < -0.4 is 0 Å². The number of hydrogen-bond donors (Lipinski definition) is 0. The molecule has 0 heterocycles. The van der Waals surface area contributed by atoms with Crippen molar-refractivity contribution in [2.75, 3.05) is 0 Å². The molecule has 1 aromatic rings. The Morgan fingerprint density at radius 2 is 1.88 bits per heavy atom. The van der Waals surface area contributed by atoms with Crippen LogP contribution in [0.4, 0.5) is 0 Å². The Labute approximate surface area is 96.3 Å². The van der Waals surface area contributed by atoms with Crippen molar-refractivity contribution in [3.05, 3.63) is 35.9 Å². The van der Waals surface area contributed by atoms with Gasteiger partial charge in [0.1, 0.15) is 5.60 Å². The van der Waals surface area contributed by atoms with E-state index < -0.39 is 5.60 Å². The van der Waals surface area contributed by atoms with E-state index in [0.717, 1.165) is 12.0 Å². The summed E-state index contributed by atoms with van der Waals surface area (Å²) in [4.78, 5) is 21.3. The standard InChI is InChI=1S/C13H18O3/c1-4-13(2,3)16-15-12(14)10-11-8-6-5-7-9-11/h5-9H,4,10H2,1-3H3. The minimum Gasteiger partial charge on any atom is -0.297 e. The molecule has 0 fully saturated rings.